The molecule has 0 aliphatic carbocycles. The van der Waals surface area contributed by atoms with Crippen molar-refractivity contribution < 1.29 is 54.7 Å². The molecule has 1 unspecified atom stereocenters. The van der Waals surface area contributed by atoms with Gasteiger partial charge in [0, 0.05) is 19.6 Å². The third-order valence-corrected chi connectivity index (χ3v) is 14.5. The van der Waals surface area contributed by atoms with Crippen molar-refractivity contribution in [3.8, 4) is 0 Å². The van der Waals surface area contributed by atoms with E-state index >= 15 is 0 Å². The standard InChI is InChI=1S/C67H130NO7.BrH/c1-6-9-12-15-18-21-24-27-30-33-36-39-42-45-48-51-55-73-65-66(74-56-52-49-46-43-40-37-34-31-28-25-22-19-16-13-10-7-2)64-68(4,5)54-57-70-58-59-71-60-61-72-62-63-75-67(69)53-50-47-44-41-38-35-32-29-26-23-20-17-14-11-8-3;/h27-32,66H,6-26,33-65H2,1-5H3;1H/q+1;/p-1/b30-27-,31-28-,32-29?;. The highest BCUT2D eigenvalue weighted by molar-refractivity contribution is 5.69. The van der Waals surface area contributed by atoms with Crippen molar-refractivity contribution in [1.29, 1.82) is 0 Å². The van der Waals surface area contributed by atoms with Crippen molar-refractivity contribution in [2.45, 2.75) is 297 Å². The summed E-state index contributed by atoms with van der Waals surface area (Å²) in [6, 6.07) is 0. The number of ether oxygens (including phenoxy) is 6. The lowest BCUT2D eigenvalue weighted by molar-refractivity contribution is -0.894. The zero-order valence-electron chi connectivity index (χ0n) is 51.4. The van der Waals surface area contributed by atoms with Gasteiger partial charge in [-0.1, -0.05) is 224 Å². The van der Waals surface area contributed by atoms with Gasteiger partial charge in [0.25, 0.3) is 0 Å². The molecule has 0 bridgehead atoms. The van der Waals surface area contributed by atoms with E-state index in [2.05, 4.69) is 71.3 Å². The quantitative estimate of drug-likeness (QED) is 0.0260. The van der Waals surface area contributed by atoms with Crippen LogP contribution in [0.15, 0.2) is 36.5 Å². The molecule has 0 amide bonds. The summed E-state index contributed by atoms with van der Waals surface area (Å²) >= 11 is 0. The van der Waals surface area contributed by atoms with Crippen LogP contribution in [-0.4, -0.2) is 110 Å². The monoisotopic (exact) mass is 1140 g/mol. The van der Waals surface area contributed by atoms with E-state index in [1.807, 2.05) is 0 Å². The third-order valence-electron chi connectivity index (χ3n) is 14.5. The van der Waals surface area contributed by atoms with Gasteiger partial charge in [0.2, 0.25) is 0 Å². The highest BCUT2D eigenvalue weighted by Crippen LogP contribution is 2.15. The van der Waals surface area contributed by atoms with Crippen molar-refractivity contribution in [3.63, 3.8) is 0 Å². The molecule has 0 heterocycles. The number of nitrogens with zero attached hydrogens (tertiary/aromatic N) is 1. The molecule has 76 heavy (non-hydrogen) atoms. The van der Waals surface area contributed by atoms with Gasteiger partial charge in [-0.25, -0.2) is 0 Å². The molecule has 0 radical (unpaired) electrons. The van der Waals surface area contributed by atoms with Crippen LogP contribution in [0.1, 0.15) is 290 Å². The fourth-order valence-electron chi connectivity index (χ4n) is 9.54. The molecule has 0 aromatic heterocycles. The SMILES string of the molecule is CCCCCCCCC=CCCCCCCCC(=O)OCCOCCOCCOCC[N+](C)(C)CC(COCCCCCCCC/C=C\CCCCCCCC)OCCCCCCCC/C=C\CCCCCCCC.[Br-]. The molecule has 452 valence electrons. The number of carbonyl (C=O) groups excluding carboxylic acids is 1. The van der Waals surface area contributed by atoms with Crippen LogP contribution in [0.4, 0.5) is 0 Å². The highest BCUT2D eigenvalue weighted by atomic mass is 79.9. The molecule has 8 nitrogen and oxygen atoms in total. The van der Waals surface area contributed by atoms with Crippen LogP contribution in [-0.2, 0) is 33.2 Å². The Kier molecular flexibility index (Phi) is 67.3. The molecule has 0 aromatic carbocycles. The predicted octanol–water partition coefficient (Wildman–Crippen LogP) is 16.2. The van der Waals surface area contributed by atoms with Crippen LogP contribution >= 0.6 is 0 Å². The molecule has 0 fully saturated rings. The number of allylic oxidation sites excluding steroid dienone is 6. The van der Waals surface area contributed by atoms with Crippen LogP contribution in [0.3, 0.4) is 0 Å². The highest BCUT2D eigenvalue weighted by Gasteiger charge is 2.23. The number of halogens is 1. The van der Waals surface area contributed by atoms with Gasteiger partial charge in [-0.15, -0.1) is 0 Å². The van der Waals surface area contributed by atoms with Gasteiger partial charge in [-0.05, 0) is 96.3 Å². The number of hydrogen-bond acceptors (Lipinski definition) is 7. The maximum Gasteiger partial charge on any atom is 0.305 e. The Hall–Kier alpha value is -1.07. The Labute approximate surface area is 484 Å². The molecule has 0 rings (SSSR count). The number of likely N-dealkylation sites (N-methyl/N-ethyl adjacent to an activating group) is 1. The molecule has 0 saturated carbocycles. The molecule has 9 heteroatoms. The summed E-state index contributed by atoms with van der Waals surface area (Å²) in [7, 11) is 4.55. The van der Waals surface area contributed by atoms with E-state index in [1.54, 1.807) is 0 Å². The lowest BCUT2D eigenvalue weighted by Gasteiger charge is -2.33. The summed E-state index contributed by atoms with van der Waals surface area (Å²) in [6.07, 6.45) is 68.2. The average Bonchev–Trinajstić information content (AvgIpc) is 3.40. The zero-order chi connectivity index (χ0) is 54.3. The minimum absolute atomic E-state index is 0. The molecular weight excluding hydrogens is 1010 g/mol. The van der Waals surface area contributed by atoms with Crippen LogP contribution in [0, 0.1) is 0 Å². The summed E-state index contributed by atoms with van der Waals surface area (Å²) < 4.78 is 36.4. The number of quaternary nitrogens is 1. The third kappa shape index (κ3) is 65.4. The van der Waals surface area contributed by atoms with Crippen LogP contribution in [0.2, 0.25) is 0 Å². The van der Waals surface area contributed by atoms with Gasteiger partial charge < -0.3 is 49.9 Å². The molecule has 1 atom stereocenters. The zero-order valence-corrected chi connectivity index (χ0v) is 53.0. The fraction of sp³-hybridized carbons (Fsp3) is 0.896. The van der Waals surface area contributed by atoms with Gasteiger partial charge in [-0.2, -0.15) is 0 Å². The maximum absolute atomic E-state index is 12.1. The first-order valence-electron chi connectivity index (χ1n) is 32.8. The van der Waals surface area contributed by atoms with Gasteiger partial charge in [0.1, 0.15) is 25.8 Å². The normalized spacial score (nSPS) is 12.5. The van der Waals surface area contributed by atoms with Gasteiger partial charge >= 0.3 is 5.97 Å². The van der Waals surface area contributed by atoms with E-state index < -0.39 is 0 Å². The Morgan fingerprint density at radius 3 is 1.07 bits per heavy atom. The Morgan fingerprint density at radius 2 is 0.671 bits per heavy atom. The van der Waals surface area contributed by atoms with E-state index in [-0.39, 0.29) is 29.1 Å². The van der Waals surface area contributed by atoms with Crippen LogP contribution in [0.25, 0.3) is 0 Å². The largest absolute Gasteiger partial charge is 1.00 e. The second-order valence-corrected chi connectivity index (χ2v) is 22.7. The summed E-state index contributed by atoms with van der Waals surface area (Å²) in [5.41, 5.74) is 0. The minimum Gasteiger partial charge on any atom is -1.00 e. The van der Waals surface area contributed by atoms with Crippen molar-refractivity contribution in [1.82, 2.24) is 0 Å². The topological polar surface area (TPSA) is 72.5 Å². The van der Waals surface area contributed by atoms with Gasteiger partial charge in [0.15, 0.2) is 0 Å². The first-order valence-corrected chi connectivity index (χ1v) is 32.8. The van der Waals surface area contributed by atoms with Gasteiger partial charge in [-0.3, -0.25) is 4.79 Å². The summed E-state index contributed by atoms with van der Waals surface area (Å²) in [6.45, 7) is 14.4. The molecule has 0 saturated heterocycles. The summed E-state index contributed by atoms with van der Waals surface area (Å²) in [5.74, 6) is -0.119. The molecule has 0 aliphatic rings. The van der Waals surface area contributed by atoms with Crippen molar-refractivity contribution in [3.05, 3.63) is 36.5 Å². The molecule has 0 N–H and O–H groups in total. The van der Waals surface area contributed by atoms with Crippen molar-refractivity contribution in [2.75, 3.05) is 93.3 Å². The van der Waals surface area contributed by atoms with Crippen LogP contribution in [0.5, 0.6) is 0 Å². The summed E-state index contributed by atoms with van der Waals surface area (Å²) in [5, 5.41) is 0. The van der Waals surface area contributed by atoms with Gasteiger partial charge in [0.05, 0.1) is 60.3 Å². The number of hydrogen-bond donors (Lipinski definition) is 0. The molecular formula is C67H130BrNO7. The number of carbonyl (C=O) groups is 1. The Bertz CT molecular complexity index is 1200. The van der Waals surface area contributed by atoms with Crippen molar-refractivity contribution in [2.24, 2.45) is 0 Å². The molecule has 0 spiro atoms. The number of esters is 1. The van der Waals surface area contributed by atoms with Crippen molar-refractivity contribution >= 4 is 5.97 Å². The summed E-state index contributed by atoms with van der Waals surface area (Å²) in [4.78, 5) is 12.1. The maximum atomic E-state index is 12.1. The second kappa shape index (κ2) is 66.4. The Balaban J connectivity index is 0. The van der Waals surface area contributed by atoms with E-state index in [0.29, 0.717) is 59.3 Å². The minimum atomic E-state index is -0.119. The number of unbranched alkanes of at least 4 members (excludes halogenated alkanes) is 35. The second-order valence-electron chi connectivity index (χ2n) is 22.7. The van der Waals surface area contributed by atoms with Crippen LogP contribution < -0.4 is 17.0 Å². The van der Waals surface area contributed by atoms with E-state index in [9.17, 15) is 4.79 Å². The fourth-order valence-corrected chi connectivity index (χ4v) is 9.54. The lowest BCUT2D eigenvalue weighted by atomic mass is 10.1. The first kappa shape index (κ1) is 77.0. The predicted molar refractivity (Wildman–Crippen MR) is 324 cm³/mol. The van der Waals surface area contributed by atoms with E-state index in [1.165, 1.54) is 238 Å². The first-order chi connectivity index (χ1) is 36.9. The lowest BCUT2D eigenvalue weighted by Crippen LogP contribution is -3.00. The smallest absolute Gasteiger partial charge is 0.305 e. The molecule has 0 aromatic rings. The van der Waals surface area contributed by atoms with E-state index in [4.69, 9.17) is 28.4 Å². The molecule has 0 aliphatic heterocycles. The number of rotatable bonds is 64. The Morgan fingerprint density at radius 1 is 0.355 bits per heavy atom. The average molecular weight is 1140 g/mol. The van der Waals surface area contributed by atoms with E-state index in [0.717, 1.165) is 56.5 Å².